The van der Waals surface area contributed by atoms with Gasteiger partial charge in [0, 0.05) is 65.4 Å². The normalized spacial score (nSPS) is 8.29. The number of hydrogen-bond donors (Lipinski definition) is 0. The maximum absolute atomic E-state index is 3.25. The molecule has 0 saturated heterocycles. The van der Waals surface area contributed by atoms with Crippen molar-refractivity contribution in [3.05, 3.63) is 160 Å². The first-order valence-electron chi connectivity index (χ1n) is 12.9. The van der Waals surface area contributed by atoms with E-state index in [1.165, 1.54) is 33.4 Å². The first-order valence-corrected chi connectivity index (χ1v) is 12.9. The van der Waals surface area contributed by atoms with Crippen LogP contribution in [-0.2, 0) is 65.4 Å². The third kappa shape index (κ3) is 21.9. The van der Waals surface area contributed by atoms with Gasteiger partial charge in [0.05, 0.1) is 0 Å². The molecule has 0 N–H and O–H groups in total. The van der Waals surface area contributed by atoms with Crippen LogP contribution in [0.4, 0.5) is 0 Å². The van der Waals surface area contributed by atoms with Crippen LogP contribution in [-0.4, -0.2) is 0 Å². The summed E-state index contributed by atoms with van der Waals surface area (Å²) in [6.07, 6.45) is 8.58. The minimum atomic E-state index is 0. The van der Waals surface area contributed by atoms with Crippen molar-refractivity contribution in [1.29, 1.82) is 0 Å². The van der Waals surface area contributed by atoms with Crippen molar-refractivity contribution in [1.82, 2.24) is 0 Å². The standard InChI is InChI=1S/C28H22.2C2H6.2C2H5.CH4.2CH3.2Y/c1-3-7-23(8-4-1)11-13-25-15-19-27(20-16-25)28-21-17-26(18-22-28)14-12-24-9-5-2-6-10-24;4*1-2;;;;;/h1-22H;2*1-2H3;2*1H2,2H3;1H4;2*1H3;;/q;;;2*-1;;2*-1;;. The van der Waals surface area contributed by atoms with Gasteiger partial charge in [-0.2, -0.15) is 13.8 Å². The zero-order valence-corrected chi connectivity index (χ0v) is 31.9. The average molecular weight is 701 g/mol. The maximum Gasteiger partial charge on any atom is 0 e. The van der Waals surface area contributed by atoms with Gasteiger partial charge >= 0.3 is 0 Å². The van der Waals surface area contributed by atoms with Crippen molar-refractivity contribution in [2.45, 2.75) is 49.0 Å². The van der Waals surface area contributed by atoms with E-state index in [1.807, 2.05) is 39.8 Å². The van der Waals surface area contributed by atoms with Gasteiger partial charge < -0.3 is 28.7 Å². The Morgan fingerprint density at radius 2 is 0.561 bits per heavy atom. The van der Waals surface area contributed by atoms with E-state index in [-0.39, 0.29) is 87.7 Å². The van der Waals surface area contributed by atoms with Gasteiger partial charge in [-0.15, -0.1) is 0 Å². The molecular formula is C39H54Y2-4. The summed E-state index contributed by atoms with van der Waals surface area (Å²) in [4.78, 5) is 0. The number of hydrogen-bond acceptors (Lipinski definition) is 0. The van der Waals surface area contributed by atoms with Gasteiger partial charge in [-0.3, -0.25) is 0 Å². The molecule has 0 unspecified atom stereocenters. The minimum absolute atomic E-state index is 0. The molecule has 2 heteroatoms. The van der Waals surface area contributed by atoms with Gasteiger partial charge in [-0.1, -0.05) is 169 Å². The molecule has 0 aliphatic carbocycles. The first-order chi connectivity index (χ1) is 17.9. The van der Waals surface area contributed by atoms with Crippen molar-refractivity contribution in [2.24, 2.45) is 0 Å². The van der Waals surface area contributed by atoms with Gasteiger partial charge in [0.2, 0.25) is 0 Å². The molecule has 0 atom stereocenters. The fraction of sp³-hybridized carbons (Fsp3) is 0.179. The van der Waals surface area contributed by atoms with E-state index in [9.17, 15) is 0 Å². The topological polar surface area (TPSA) is 0 Å². The average Bonchev–Trinajstić information content (AvgIpc) is 3.01. The van der Waals surface area contributed by atoms with Gasteiger partial charge in [-0.05, 0) is 33.4 Å². The third-order valence-electron chi connectivity index (χ3n) is 4.69. The Bertz CT molecular complexity index is 973. The summed E-state index contributed by atoms with van der Waals surface area (Å²) in [5.41, 5.74) is 7.30. The molecule has 4 aromatic carbocycles. The first kappa shape index (κ1) is 52.2. The molecular weight excluding hydrogens is 646 g/mol. The molecule has 4 aromatic rings. The zero-order chi connectivity index (χ0) is 27.0. The van der Waals surface area contributed by atoms with Crippen LogP contribution in [0.15, 0.2) is 109 Å². The molecule has 0 heterocycles. The second kappa shape index (κ2) is 36.6. The van der Waals surface area contributed by atoms with E-state index in [4.69, 9.17) is 0 Å². The van der Waals surface area contributed by atoms with Crippen molar-refractivity contribution >= 4 is 24.3 Å². The molecule has 0 aliphatic heterocycles. The Hall–Kier alpha value is -1.43. The van der Waals surface area contributed by atoms with Crippen LogP contribution >= 0.6 is 0 Å². The van der Waals surface area contributed by atoms with Crippen LogP contribution in [0.5, 0.6) is 0 Å². The summed E-state index contributed by atoms with van der Waals surface area (Å²) >= 11 is 0. The molecule has 4 rings (SSSR count). The molecule has 0 aromatic heterocycles. The molecule has 0 bridgehead atoms. The summed E-state index contributed by atoms with van der Waals surface area (Å²) < 4.78 is 0. The van der Waals surface area contributed by atoms with E-state index in [0.29, 0.717) is 0 Å². The SMILES string of the molecule is C.C(=Cc1ccc(-c2ccc(C=Cc3ccccc3)cc2)cc1)c1ccccc1.CC.CC.[CH2-]C.[CH2-]C.[CH3-].[CH3-].[Y].[Y]. The van der Waals surface area contributed by atoms with E-state index in [0.717, 1.165) is 0 Å². The van der Waals surface area contributed by atoms with Crippen molar-refractivity contribution in [3.63, 3.8) is 0 Å². The smallest absolute Gasteiger partial charge is 0 e. The van der Waals surface area contributed by atoms with Gasteiger partial charge in [-0.25, -0.2) is 0 Å². The molecule has 0 saturated carbocycles. The fourth-order valence-electron chi connectivity index (χ4n) is 3.09. The quantitative estimate of drug-likeness (QED) is 0.144. The third-order valence-corrected chi connectivity index (χ3v) is 4.69. The largest absolute Gasteiger partial charge is 0.358 e. The van der Waals surface area contributed by atoms with Gasteiger partial charge in [0.25, 0.3) is 0 Å². The Labute approximate surface area is 307 Å². The molecule has 2 radical (unpaired) electrons. The van der Waals surface area contributed by atoms with Crippen LogP contribution < -0.4 is 0 Å². The summed E-state index contributed by atoms with van der Waals surface area (Å²) in [6, 6.07) is 38.1. The Kier molecular flexibility index (Phi) is 46.6. The molecule has 0 spiro atoms. The Morgan fingerprint density at radius 1 is 0.366 bits per heavy atom. The van der Waals surface area contributed by atoms with Crippen LogP contribution in [0.2, 0.25) is 0 Å². The van der Waals surface area contributed by atoms with E-state index < -0.39 is 0 Å². The molecule has 0 aliphatic rings. The second-order valence-corrected chi connectivity index (χ2v) is 6.73. The van der Waals surface area contributed by atoms with E-state index in [2.05, 4.69) is 135 Å². The molecule has 0 amide bonds. The number of rotatable bonds is 5. The van der Waals surface area contributed by atoms with E-state index >= 15 is 0 Å². The van der Waals surface area contributed by atoms with Gasteiger partial charge in [0.15, 0.2) is 0 Å². The monoisotopic (exact) mass is 700 g/mol. The van der Waals surface area contributed by atoms with E-state index in [1.54, 1.807) is 13.8 Å². The molecule has 220 valence electrons. The second-order valence-electron chi connectivity index (χ2n) is 6.73. The van der Waals surface area contributed by atoms with Crippen LogP contribution in [0, 0.1) is 28.7 Å². The summed E-state index contributed by atoms with van der Waals surface area (Å²) in [5.74, 6) is 0. The predicted molar refractivity (Wildman–Crippen MR) is 187 cm³/mol. The Balaban J connectivity index is -0.000000218. The summed E-state index contributed by atoms with van der Waals surface area (Å²) in [5, 5.41) is 0. The predicted octanol–water partition coefficient (Wildman–Crippen LogP) is 13.0. The van der Waals surface area contributed by atoms with Crippen LogP contribution in [0.3, 0.4) is 0 Å². The summed E-state index contributed by atoms with van der Waals surface area (Å²) in [7, 11) is 0. The minimum Gasteiger partial charge on any atom is -0.358 e. The summed E-state index contributed by atoms with van der Waals surface area (Å²) in [6.45, 7) is 18.0. The number of benzene rings is 4. The van der Waals surface area contributed by atoms with Crippen molar-refractivity contribution in [2.75, 3.05) is 0 Å². The van der Waals surface area contributed by atoms with Crippen LogP contribution in [0.1, 0.15) is 71.2 Å². The maximum atomic E-state index is 3.25. The molecule has 41 heavy (non-hydrogen) atoms. The zero-order valence-electron chi connectivity index (χ0n) is 26.3. The molecule has 0 nitrogen and oxygen atoms in total. The fourth-order valence-corrected chi connectivity index (χ4v) is 3.09. The van der Waals surface area contributed by atoms with Gasteiger partial charge in [0.1, 0.15) is 0 Å². The van der Waals surface area contributed by atoms with Crippen LogP contribution in [0.25, 0.3) is 35.4 Å². The molecule has 0 fully saturated rings. The Morgan fingerprint density at radius 3 is 0.780 bits per heavy atom. The van der Waals surface area contributed by atoms with Crippen molar-refractivity contribution < 1.29 is 65.4 Å². The van der Waals surface area contributed by atoms with Crippen molar-refractivity contribution in [3.8, 4) is 11.1 Å².